The molecule has 0 aliphatic carbocycles. The molecule has 1 aliphatic rings. The second-order valence-corrected chi connectivity index (χ2v) is 7.46. The third-order valence-electron chi connectivity index (χ3n) is 4.30. The summed E-state index contributed by atoms with van der Waals surface area (Å²) in [6, 6.07) is -0.173. The predicted octanol–water partition coefficient (Wildman–Crippen LogP) is 2.80. The lowest BCUT2D eigenvalue weighted by Crippen LogP contribution is -2.50. The minimum Gasteiger partial charge on any atom is -0.483 e. The topological polar surface area (TPSA) is 70.2 Å². The summed E-state index contributed by atoms with van der Waals surface area (Å²) in [6.45, 7) is 9.91. The van der Waals surface area contributed by atoms with E-state index in [1.54, 1.807) is 13.3 Å². The number of aromatic amines is 1. The van der Waals surface area contributed by atoms with Crippen LogP contribution in [-0.2, 0) is 9.53 Å². The Hall–Kier alpha value is -1.25. The maximum atomic E-state index is 13.2. The Balaban J connectivity index is 2.24. The van der Waals surface area contributed by atoms with Gasteiger partial charge in [-0.1, -0.05) is 13.8 Å². The van der Waals surface area contributed by atoms with Gasteiger partial charge in [0.15, 0.2) is 5.88 Å². The molecule has 128 valence electrons. The highest BCUT2D eigenvalue weighted by Gasteiger charge is 2.40. The zero-order chi connectivity index (χ0) is 17.1. The van der Waals surface area contributed by atoms with Gasteiger partial charge in [0.25, 0.3) is 0 Å². The number of likely N-dealkylation sites (tertiary alicyclic amines) is 1. The van der Waals surface area contributed by atoms with Gasteiger partial charge in [0.1, 0.15) is 11.9 Å². The second-order valence-electron chi connectivity index (χ2n) is 6.30. The molecule has 1 unspecified atom stereocenters. The summed E-state index contributed by atoms with van der Waals surface area (Å²) in [5.41, 5.74) is 0. The van der Waals surface area contributed by atoms with Crippen LogP contribution in [-0.4, -0.2) is 40.0 Å². The van der Waals surface area contributed by atoms with Crippen LogP contribution in [0.4, 0.5) is 0 Å². The predicted molar refractivity (Wildman–Crippen MR) is 97.5 cm³/mol. The van der Waals surface area contributed by atoms with Gasteiger partial charge in [-0.3, -0.25) is 4.79 Å². The maximum Gasteiger partial charge on any atom is 0.246 e. The van der Waals surface area contributed by atoms with Crippen LogP contribution in [0.5, 0.6) is 0 Å². The molecule has 1 amide bonds. The van der Waals surface area contributed by atoms with E-state index in [4.69, 9.17) is 4.74 Å². The molecule has 0 spiro atoms. The molecule has 1 aromatic heterocycles. The normalized spacial score (nSPS) is 22.3. The number of carbonyl (C=O) groups is 1. The van der Waals surface area contributed by atoms with E-state index in [1.165, 1.54) is 0 Å². The molecule has 2 N–H and O–H groups in total. The quantitative estimate of drug-likeness (QED) is 0.536. The maximum absolute atomic E-state index is 13.2. The van der Waals surface area contributed by atoms with Gasteiger partial charge in [0, 0.05) is 6.04 Å². The molecule has 3 atom stereocenters. The van der Waals surface area contributed by atoms with Gasteiger partial charge in [-0.15, -0.1) is 0 Å². The van der Waals surface area contributed by atoms with E-state index < -0.39 is 0 Å². The molecular weight excluding hydrogens is 407 g/mol. The molecule has 0 bridgehead atoms. The van der Waals surface area contributed by atoms with Crippen LogP contribution in [0.25, 0.3) is 0 Å². The highest BCUT2D eigenvalue weighted by molar-refractivity contribution is 14.1. The molecule has 2 rings (SSSR count). The molecule has 1 saturated heterocycles. The van der Waals surface area contributed by atoms with Gasteiger partial charge >= 0.3 is 0 Å². The Labute approximate surface area is 151 Å². The Morgan fingerprint density at radius 3 is 2.78 bits per heavy atom. The van der Waals surface area contributed by atoms with E-state index in [1.807, 2.05) is 18.7 Å². The fourth-order valence-electron chi connectivity index (χ4n) is 3.01. The zero-order valence-electron chi connectivity index (χ0n) is 14.1. The first kappa shape index (κ1) is 18.1. The number of halogens is 1. The lowest BCUT2D eigenvalue weighted by molar-refractivity contribution is -0.137. The monoisotopic (exact) mass is 432 g/mol. The number of H-pyrrole nitrogens is 1. The molecule has 1 aliphatic heterocycles. The van der Waals surface area contributed by atoms with Crippen LogP contribution in [0, 0.1) is 9.62 Å². The number of nitrogens with zero attached hydrogens (tertiary/aromatic N) is 2. The zero-order valence-corrected chi connectivity index (χ0v) is 16.3. The number of imidazole rings is 1. The smallest absolute Gasteiger partial charge is 0.246 e. The van der Waals surface area contributed by atoms with Crippen molar-refractivity contribution < 1.29 is 9.53 Å². The molecule has 0 saturated carbocycles. The number of ether oxygens (including phenoxy) is 1. The molecule has 1 fully saturated rings. The first-order chi connectivity index (χ1) is 10.8. The molecule has 0 aromatic carbocycles. The van der Waals surface area contributed by atoms with Crippen LogP contribution in [0.1, 0.15) is 45.5 Å². The number of methoxy groups -OCH3 is 1. The number of hydrogen-bond donors (Lipinski definition) is 2. The second kappa shape index (κ2) is 7.55. The molecule has 1 aromatic rings. The summed E-state index contributed by atoms with van der Waals surface area (Å²) in [7, 11) is 1.54. The van der Waals surface area contributed by atoms with E-state index in [-0.39, 0.29) is 30.0 Å². The van der Waals surface area contributed by atoms with Crippen molar-refractivity contribution in [2.24, 2.45) is 5.92 Å². The number of carbonyl (C=O) groups excluding carboxylic acids is 1. The van der Waals surface area contributed by atoms with Crippen molar-refractivity contribution in [1.29, 1.82) is 0 Å². The van der Waals surface area contributed by atoms with E-state index >= 15 is 0 Å². The summed E-state index contributed by atoms with van der Waals surface area (Å²) >= 11 is 2.20. The lowest BCUT2D eigenvalue weighted by atomic mass is 10.0. The lowest BCUT2D eigenvalue weighted by Gasteiger charge is -2.33. The summed E-state index contributed by atoms with van der Waals surface area (Å²) in [6.07, 6.45) is 3.70. The van der Waals surface area contributed by atoms with Crippen molar-refractivity contribution in [2.75, 3.05) is 7.11 Å². The highest BCUT2D eigenvalue weighted by atomic mass is 127. The first-order valence-electron chi connectivity index (χ1n) is 7.87. The number of rotatable bonds is 6. The molecule has 7 heteroatoms. The Kier molecular flexibility index (Phi) is 5.94. The summed E-state index contributed by atoms with van der Waals surface area (Å²) in [5, 5.41) is 3.10. The van der Waals surface area contributed by atoms with Crippen molar-refractivity contribution in [2.45, 2.75) is 51.7 Å². The van der Waals surface area contributed by atoms with Crippen LogP contribution >= 0.6 is 22.6 Å². The van der Waals surface area contributed by atoms with Crippen molar-refractivity contribution in [3.8, 4) is 0 Å². The SMILES string of the molecule is C=C(NC(C(=O)N1[C@@H](C)CC[C@H]1c1ncc(I)[nH]1)C(C)C)OC. The number of aromatic nitrogens is 2. The third-order valence-corrected chi connectivity index (χ3v) is 4.85. The Bertz CT molecular complexity index is 572. The van der Waals surface area contributed by atoms with E-state index in [0.29, 0.717) is 5.88 Å². The fourth-order valence-corrected chi connectivity index (χ4v) is 3.43. The van der Waals surface area contributed by atoms with Crippen molar-refractivity contribution >= 4 is 28.5 Å². The number of hydrogen-bond acceptors (Lipinski definition) is 4. The fraction of sp³-hybridized carbons (Fsp3) is 0.625. The number of nitrogens with one attached hydrogen (secondary N) is 2. The molecular formula is C16H25IN4O2. The Morgan fingerprint density at radius 2 is 2.26 bits per heavy atom. The standard InChI is InChI=1S/C16H25IN4O2/c1-9(2)14(19-11(4)23-5)16(22)21-10(3)6-7-12(21)15-18-8-13(17)20-15/h8-10,12,14,19H,4,6-7H2,1-3,5H3,(H,18,20)/t10-,12-,14?/m0/s1. The van der Waals surface area contributed by atoms with Crippen molar-refractivity contribution in [1.82, 2.24) is 20.2 Å². The van der Waals surface area contributed by atoms with Crippen LogP contribution in [0.2, 0.25) is 0 Å². The van der Waals surface area contributed by atoms with Crippen LogP contribution < -0.4 is 5.32 Å². The van der Waals surface area contributed by atoms with Gasteiger partial charge in [-0.2, -0.15) is 0 Å². The molecule has 0 radical (unpaired) electrons. The third kappa shape index (κ3) is 3.99. The van der Waals surface area contributed by atoms with Crippen LogP contribution in [0.15, 0.2) is 18.7 Å². The van der Waals surface area contributed by atoms with Crippen molar-refractivity contribution in [3.05, 3.63) is 28.2 Å². The molecule has 2 heterocycles. The highest BCUT2D eigenvalue weighted by Crippen LogP contribution is 2.35. The molecule has 23 heavy (non-hydrogen) atoms. The average Bonchev–Trinajstić information content (AvgIpc) is 3.09. The van der Waals surface area contributed by atoms with E-state index in [2.05, 4.69) is 51.4 Å². The number of amides is 1. The minimum atomic E-state index is -0.362. The van der Waals surface area contributed by atoms with Gasteiger partial charge in [-0.25, -0.2) is 4.98 Å². The summed E-state index contributed by atoms with van der Waals surface area (Å²) in [4.78, 5) is 22.8. The Morgan fingerprint density at radius 1 is 1.57 bits per heavy atom. The van der Waals surface area contributed by atoms with Crippen LogP contribution in [0.3, 0.4) is 0 Å². The average molecular weight is 432 g/mol. The van der Waals surface area contributed by atoms with Crippen molar-refractivity contribution in [3.63, 3.8) is 0 Å². The van der Waals surface area contributed by atoms with E-state index in [9.17, 15) is 4.79 Å². The molecule has 6 nitrogen and oxygen atoms in total. The minimum absolute atomic E-state index is 0.000115. The summed E-state index contributed by atoms with van der Waals surface area (Å²) in [5.74, 6) is 1.47. The largest absolute Gasteiger partial charge is 0.483 e. The first-order valence-corrected chi connectivity index (χ1v) is 8.95. The van der Waals surface area contributed by atoms with Gasteiger partial charge in [-0.05, 0) is 54.9 Å². The summed E-state index contributed by atoms with van der Waals surface area (Å²) < 4.78 is 6.07. The van der Waals surface area contributed by atoms with Gasteiger partial charge in [0.05, 0.1) is 23.0 Å². The van der Waals surface area contributed by atoms with Gasteiger partial charge < -0.3 is 19.9 Å². The van der Waals surface area contributed by atoms with Gasteiger partial charge in [0.2, 0.25) is 5.91 Å². The van der Waals surface area contributed by atoms with E-state index in [0.717, 1.165) is 22.4 Å².